The summed E-state index contributed by atoms with van der Waals surface area (Å²) in [5, 5.41) is 4.28. The van der Waals surface area contributed by atoms with Gasteiger partial charge in [-0.1, -0.05) is 12.1 Å². The first-order valence-corrected chi connectivity index (χ1v) is 10.5. The molecule has 8 nitrogen and oxygen atoms in total. The van der Waals surface area contributed by atoms with Gasteiger partial charge in [-0.25, -0.2) is 9.78 Å². The third-order valence-electron chi connectivity index (χ3n) is 5.16. The normalized spacial score (nSPS) is 14.2. The largest absolute Gasteiger partial charge is 0.444 e. The van der Waals surface area contributed by atoms with Gasteiger partial charge in [0.15, 0.2) is 0 Å². The Morgan fingerprint density at radius 2 is 2.03 bits per heavy atom. The van der Waals surface area contributed by atoms with Crippen LogP contribution >= 0.6 is 0 Å². The number of aromatic amines is 1. The number of hydrogen-bond donors (Lipinski definition) is 3. The predicted octanol–water partition coefficient (Wildman–Crippen LogP) is 4.43. The standard InChI is InChI=1S/C24H27N5O3/c1-24(2,3)32-23(31)29-11-8-15(9-12-29)20-14-18-19(7-10-26-22(18)28-20)27-17-6-4-5-16(13-17)21(25)30/h4-8,10,13-14H,9,11-12H2,1-3H3,(H2,25,30)(H2,26,27,28). The molecule has 0 aliphatic carbocycles. The Hall–Kier alpha value is -3.81. The molecule has 0 fully saturated rings. The number of amides is 2. The van der Waals surface area contributed by atoms with Crippen molar-refractivity contribution in [3.8, 4) is 0 Å². The number of carbonyl (C=O) groups is 2. The summed E-state index contributed by atoms with van der Waals surface area (Å²) >= 11 is 0. The number of primary amides is 1. The Balaban J connectivity index is 1.54. The number of nitrogens with two attached hydrogens (primary N) is 1. The molecule has 3 aromatic rings. The molecule has 32 heavy (non-hydrogen) atoms. The van der Waals surface area contributed by atoms with Crippen LogP contribution < -0.4 is 11.1 Å². The minimum Gasteiger partial charge on any atom is -0.444 e. The van der Waals surface area contributed by atoms with E-state index in [-0.39, 0.29) is 6.09 Å². The monoisotopic (exact) mass is 433 g/mol. The first kappa shape index (κ1) is 21.4. The molecule has 4 rings (SSSR count). The summed E-state index contributed by atoms with van der Waals surface area (Å²) in [7, 11) is 0. The number of benzene rings is 1. The van der Waals surface area contributed by atoms with Crippen LogP contribution in [-0.2, 0) is 4.74 Å². The van der Waals surface area contributed by atoms with Crippen molar-refractivity contribution in [2.75, 3.05) is 18.4 Å². The van der Waals surface area contributed by atoms with Crippen molar-refractivity contribution in [3.63, 3.8) is 0 Å². The quantitative estimate of drug-likeness (QED) is 0.563. The van der Waals surface area contributed by atoms with Gasteiger partial charge in [-0.2, -0.15) is 0 Å². The van der Waals surface area contributed by atoms with Crippen LogP contribution in [0.1, 0.15) is 43.2 Å². The molecule has 166 valence electrons. The molecule has 2 amide bonds. The Morgan fingerprint density at radius 1 is 1.22 bits per heavy atom. The number of rotatable bonds is 4. The number of ether oxygens (including phenoxy) is 1. The van der Waals surface area contributed by atoms with Crippen LogP contribution in [0.5, 0.6) is 0 Å². The van der Waals surface area contributed by atoms with Gasteiger partial charge in [0, 0.05) is 41.6 Å². The number of pyridine rings is 1. The van der Waals surface area contributed by atoms with E-state index in [4.69, 9.17) is 10.5 Å². The lowest BCUT2D eigenvalue weighted by atomic mass is 10.0. The molecule has 0 unspecified atom stereocenters. The molecule has 4 N–H and O–H groups in total. The Morgan fingerprint density at radius 3 is 2.72 bits per heavy atom. The number of hydrogen-bond acceptors (Lipinski definition) is 5. The van der Waals surface area contributed by atoms with Gasteiger partial charge < -0.3 is 25.7 Å². The maximum absolute atomic E-state index is 12.3. The van der Waals surface area contributed by atoms with Crippen molar-refractivity contribution in [2.24, 2.45) is 5.73 Å². The fraction of sp³-hybridized carbons (Fsp3) is 0.292. The summed E-state index contributed by atoms with van der Waals surface area (Å²) in [6.07, 6.45) is 4.19. The van der Waals surface area contributed by atoms with Gasteiger partial charge in [0.25, 0.3) is 0 Å². The van der Waals surface area contributed by atoms with Gasteiger partial charge in [0.05, 0.1) is 5.69 Å². The average molecular weight is 434 g/mol. The van der Waals surface area contributed by atoms with Crippen molar-refractivity contribution in [2.45, 2.75) is 32.8 Å². The van der Waals surface area contributed by atoms with Crippen LogP contribution in [0.25, 0.3) is 16.6 Å². The second kappa shape index (κ2) is 8.37. The Bertz CT molecular complexity index is 1210. The minimum atomic E-state index is -0.510. The Labute approximate surface area is 186 Å². The highest BCUT2D eigenvalue weighted by molar-refractivity contribution is 5.96. The summed E-state index contributed by atoms with van der Waals surface area (Å²) in [5.74, 6) is -0.470. The molecule has 0 bridgehead atoms. The summed E-state index contributed by atoms with van der Waals surface area (Å²) in [6.45, 7) is 6.68. The van der Waals surface area contributed by atoms with E-state index in [0.29, 0.717) is 18.7 Å². The molecule has 1 aliphatic heterocycles. The maximum Gasteiger partial charge on any atom is 0.410 e. The van der Waals surface area contributed by atoms with Crippen molar-refractivity contribution in [1.29, 1.82) is 0 Å². The molecule has 1 aliphatic rings. The minimum absolute atomic E-state index is 0.296. The lowest BCUT2D eigenvalue weighted by Gasteiger charge is -2.29. The van der Waals surface area contributed by atoms with Crippen molar-refractivity contribution < 1.29 is 14.3 Å². The highest BCUT2D eigenvalue weighted by Gasteiger charge is 2.24. The number of nitrogens with one attached hydrogen (secondary N) is 2. The third-order valence-corrected chi connectivity index (χ3v) is 5.16. The predicted molar refractivity (Wildman–Crippen MR) is 125 cm³/mol. The summed E-state index contributed by atoms with van der Waals surface area (Å²) in [6, 6.07) is 11.0. The van der Waals surface area contributed by atoms with E-state index < -0.39 is 11.5 Å². The summed E-state index contributed by atoms with van der Waals surface area (Å²) in [4.78, 5) is 33.3. The SMILES string of the molecule is CC(C)(C)OC(=O)N1CC=C(c2cc3c(Nc4cccc(C(N)=O)c4)ccnc3[nH]2)CC1. The molecule has 0 atom stereocenters. The third kappa shape index (κ3) is 4.74. The highest BCUT2D eigenvalue weighted by Crippen LogP contribution is 2.30. The maximum atomic E-state index is 12.3. The van der Waals surface area contributed by atoms with Crippen LogP contribution in [0.4, 0.5) is 16.2 Å². The number of H-pyrrole nitrogens is 1. The van der Waals surface area contributed by atoms with E-state index >= 15 is 0 Å². The number of aromatic nitrogens is 2. The van der Waals surface area contributed by atoms with E-state index in [1.54, 1.807) is 29.3 Å². The topological polar surface area (TPSA) is 113 Å². The van der Waals surface area contributed by atoms with E-state index in [1.807, 2.05) is 39.0 Å². The fourth-order valence-corrected chi connectivity index (χ4v) is 3.62. The van der Waals surface area contributed by atoms with Crippen LogP contribution in [0.15, 0.2) is 48.7 Å². The molecule has 0 saturated carbocycles. The molecular weight excluding hydrogens is 406 g/mol. The first-order chi connectivity index (χ1) is 15.2. The van der Waals surface area contributed by atoms with E-state index in [1.165, 1.54) is 0 Å². The lowest BCUT2D eigenvalue weighted by Crippen LogP contribution is -2.39. The summed E-state index contributed by atoms with van der Waals surface area (Å²) < 4.78 is 5.46. The van der Waals surface area contributed by atoms with Gasteiger partial charge in [0.1, 0.15) is 11.2 Å². The molecule has 2 aromatic heterocycles. The van der Waals surface area contributed by atoms with Crippen molar-refractivity contribution in [3.05, 3.63) is 59.9 Å². The zero-order valence-electron chi connectivity index (χ0n) is 18.4. The molecular formula is C24H27N5O3. The number of nitrogens with zero attached hydrogens (tertiary/aromatic N) is 2. The lowest BCUT2D eigenvalue weighted by molar-refractivity contribution is 0.0270. The smallest absolute Gasteiger partial charge is 0.410 e. The first-order valence-electron chi connectivity index (χ1n) is 10.5. The molecule has 0 spiro atoms. The van der Waals surface area contributed by atoms with E-state index in [0.717, 1.165) is 40.1 Å². The fourth-order valence-electron chi connectivity index (χ4n) is 3.62. The number of carbonyl (C=O) groups excluding carboxylic acids is 2. The summed E-state index contributed by atoms with van der Waals surface area (Å²) in [5.41, 5.74) is 9.81. The number of fused-ring (bicyclic) bond motifs is 1. The Kier molecular flexibility index (Phi) is 5.61. The molecule has 0 radical (unpaired) electrons. The second-order valence-corrected chi connectivity index (χ2v) is 8.78. The van der Waals surface area contributed by atoms with Crippen LogP contribution in [0.3, 0.4) is 0 Å². The molecule has 3 heterocycles. The molecule has 1 aromatic carbocycles. The van der Waals surface area contributed by atoms with Gasteiger partial charge >= 0.3 is 6.09 Å². The number of anilines is 2. The second-order valence-electron chi connectivity index (χ2n) is 8.78. The van der Waals surface area contributed by atoms with E-state index in [9.17, 15) is 9.59 Å². The van der Waals surface area contributed by atoms with E-state index in [2.05, 4.69) is 21.4 Å². The zero-order valence-corrected chi connectivity index (χ0v) is 18.4. The zero-order chi connectivity index (χ0) is 22.9. The van der Waals surface area contributed by atoms with Gasteiger partial charge in [-0.3, -0.25) is 4.79 Å². The van der Waals surface area contributed by atoms with Crippen LogP contribution in [-0.4, -0.2) is 45.6 Å². The molecule has 8 heteroatoms. The van der Waals surface area contributed by atoms with Gasteiger partial charge in [0.2, 0.25) is 5.91 Å². The average Bonchev–Trinajstić information content (AvgIpc) is 3.18. The van der Waals surface area contributed by atoms with Crippen LogP contribution in [0.2, 0.25) is 0 Å². The van der Waals surface area contributed by atoms with Gasteiger partial charge in [-0.05, 0) is 63.1 Å². The van der Waals surface area contributed by atoms with Gasteiger partial charge in [-0.15, -0.1) is 0 Å². The van der Waals surface area contributed by atoms with Crippen molar-refractivity contribution >= 4 is 40.0 Å². The molecule has 0 saturated heterocycles. The highest BCUT2D eigenvalue weighted by atomic mass is 16.6. The van der Waals surface area contributed by atoms with Crippen LogP contribution in [0, 0.1) is 0 Å². The van der Waals surface area contributed by atoms with Crippen molar-refractivity contribution in [1.82, 2.24) is 14.9 Å².